The molecule has 2 unspecified atom stereocenters. The topological polar surface area (TPSA) is 110 Å². The van der Waals surface area contributed by atoms with Crippen LogP contribution in [0, 0.1) is 0 Å². The number of ether oxygens (including phenoxy) is 2. The van der Waals surface area contributed by atoms with Crippen LogP contribution in [-0.4, -0.2) is 46.1 Å². The first-order valence-electron chi connectivity index (χ1n) is 11.5. The Hall–Kier alpha value is -3.58. The number of nitrogens with one attached hydrogen (secondary N) is 2. The van der Waals surface area contributed by atoms with Gasteiger partial charge in [0.2, 0.25) is 0 Å². The molecular weight excluding hydrogens is 519 g/mol. The highest BCUT2D eigenvalue weighted by atomic mass is 35.5. The molecule has 3 N–H and O–H groups in total. The Morgan fingerprint density at radius 1 is 1.19 bits per heavy atom. The predicted octanol–water partition coefficient (Wildman–Crippen LogP) is 2.51. The molecule has 0 spiro atoms. The minimum atomic E-state index is -4.88. The van der Waals surface area contributed by atoms with Crippen LogP contribution in [0.4, 0.5) is 24.7 Å². The number of allylic oxidation sites excluding steroid dienone is 2. The molecule has 4 rings (SSSR count). The maximum Gasteiger partial charge on any atom is 0.573 e. The van der Waals surface area contributed by atoms with Gasteiger partial charge in [0.25, 0.3) is 11.9 Å². The molecule has 200 valence electrons. The van der Waals surface area contributed by atoms with Gasteiger partial charge in [-0.25, -0.2) is 4.79 Å². The van der Waals surface area contributed by atoms with E-state index in [1.165, 1.54) is 16.7 Å². The number of fused-ring (bicyclic) bond motifs is 1. The molecule has 10 nitrogen and oxygen atoms in total. The lowest BCUT2D eigenvalue weighted by Crippen LogP contribution is -2.49. The van der Waals surface area contributed by atoms with Crippen molar-refractivity contribution in [1.82, 2.24) is 14.5 Å². The fourth-order valence-corrected chi connectivity index (χ4v) is 4.24. The first-order chi connectivity index (χ1) is 17.6. The zero-order valence-corrected chi connectivity index (χ0v) is 20.4. The van der Waals surface area contributed by atoms with Gasteiger partial charge in [0, 0.05) is 38.5 Å². The SMILES string of the molecule is CCn1c2c(c(=O)n(CCCO)c1=O)N(CC1C=CC(Cl)=CN1)C(Oc1cccc(OC(F)(F)F)c1)N2. The first kappa shape index (κ1) is 26.5. The zero-order chi connectivity index (χ0) is 26.7. The van der Waals surface area contributed by atoms with E-state index >= 15 is 0 Å². The second-order valence-electron chi connectivity index (χ2n) is 8.21. The van der Waals surface area contributed by atoms with Crippen LogP contribution in [-0.2, 0) is 13.1 Å². The molecule has 0 bridgehead atoms. The van der Waals surface area contributed by atoms with Gasteiger partial charge in [-0.05, 0) is 31.6 Å². The lowest BCUT2D eigenvalue weighted by molar-refractivity contribution is -0.274. The van der Waals surface area contributed by atoms with Crippen molar-refractivity contribution in [2.24, 2.45) is 0 Å². The Labute approximate surface area is 214 Å². The molecule has 0 aliphatic carbocycles. The normalized spacial score (nSPS) is 18.6. The van der Waals surface area contributed by atoms with Crippen molar-refractivity contribution in [1.29, 1.82) is 0 Å². The third-order valence-electron chi connectivity index (χ3n) is 5.69. The van der Waals surface area contributed by atoms with Gasteiger partial charge in [0.15, 0.2) is 0 Å². The fourth-order valence-electron chi connectivity index (χ4n) is 4.10. The minimum absolute atomic E-state index is 0.0115. The molecule has 0 saturated heterocycles. The van der Waals surface area contributed by atoms with Gasteiger partial charge in [-0.2, -0.15) is 0 Å². The van der Waals surface area contributed by atoms with Crippen molar-refractivity contribution < 1.29 is 27.8 Å². The number of benzene rings is 1. The van der Waals surface area contributed by atoms with E-state index in [0.717, 1.165) is 16.7 Å². The molecule has 14 heteroatoms. The van der Waals surface area contributed by atoms with Crippen LogP contribution in [0.3, 0.4) is 0 Å². The number of halogens is 4. The summed E-state index contributed by atoms with van der Waals surface area (Å²) < 4.78 is 50.5. The quantitative estimate of drug-likeness (QED) is 0.443. The molecule has 0 saturated carbocycles. The number of dihydropyridines is 1. The summed E-state index contributed by atoms with van der Waals surface area (Å²) >= 11 is 5.99. The van der Waals surface area contributed by atoms with E-state index in [0.29, 0.717) is 5.03 Å². The molecule has 1 aromatic heterocycles. The largest absolute Gasteiger partial charge is 0.573 e. The highest BCUT2D eigenvalue weighted by Gasteiger charge is 2.38. The molecule has 1 aromatic carbocycles. The Morgan fingerprint density at radius 2 is 1.95 bits per heavy atom. The molecule has 0 fully saturated rings. The van der Waals surface area contributed by atoms with Crippen LogP contribution in [0.2, 0.25) is 0 Å². The summed E-state index contributed by atoms with van der Waals surface area (Å²) in [6.45, 7) is 1.94. The summed E-state index contributed by atoms with van der Waals surface area (Å²) in [4.78, 5) is 28.1. The van der Waals surface area contributed by atoms with E-state index in [4.69, 9.17) is 16.3 Å². The van der Waals surface area contributed by atoms with Crippen molar-refractivity contribution in [3.63, 3.8) is 0 Å². The van der Waals surface area contributed by atoms with E-state index in [-0.39, 0.29) is 56.0 Å². The van der Waals surface area contributed by atoms with Crippen molar-refractivity contribution in [2.45, 2.75) is 45.2 Å². The van der Waals surface area contributed by atoms with Crippen molar-refractivity contribution in [2.75, 3.05) is 23.4 Å². The highest BCUT2D eigenvalue weighted by Crippen LogP contribution is 2.33. The number of aliphatic hydroxyl groups excluding tert-OH is 1. The number of nitrogens with zero attached hydrogens (tertiary/aromatic N) is 3. The molecule has 3 heterocycles. The van der Waals surface area contributed by atoms with Gasteiger partial charge in [-0.15, -0.1) is 13.2 Å². The zero-order valence-electron chi connectivity index (χ0n) is 19.7. The monoisotopic (exact) mass is 543 g/mol. The summed E-state index contributed by atoms with van der Waals surface area (Å²) in [5, 5.41) is 15.8. The van der Waals surface area contributed by atoms with Crippen LogP contribution in [0.1, 0.15) is 13.3 Å². The van der Waals surface area contributed by atoms with Crippen LogP contribution < -0.4 is 36.3 Å². The Balaban J connectivity index is 1.73. The first-order valence-corrected chi connectivity index (χ1v) is 11.8. The predicted molar refractivity (Wildman–Crippen MR) is 131 cm³/mol. The van der Waals surface area contributed by atoms with Crippen molar-refractivity contribution in [3.8, 4) is 11.5 Å². The van der Waals surface area contributed by atoms with Crippen LogP contribution in [0.5, 0.6) is 11.5 Å². The molecule has 0 radical (unpaired) electrons. The van der Waals surface area contributed by atoms with Crippen LogP contribution >= 0.6 is 11.6 Å². The second-order valence-corrected chi connectivity index (χ2v) is 8.65. The number of anilines is 2. The van der Waals surface area contributed by atoms with Gasteiger partial charge in [-0.3, -0.25) is 13.9 Å². The number of alkyl halides is 3. The maximum absolute atomic E-state index is 13.5. The summed E-state index contributed by atoms with van der Waals surface area (Å²) in [6.07, 6.45) is -0.657. The average molecular weight is 544 g/mol. The third-order valence-corrected chi connectivity index (χ3v) is 5.93. The van der Waals surface area contributed by atoms with Gasteiger partial charge in [0.05, 0.1) is 11.1 Å². The Bertz CT molecular complexity index is 1320. The summed E-state index contributed by atoms with van der Waals surface area (Å²) in [5.41, 5.74) is -0.985. The van der Waals surface area contributed by atoms with Crippen molar-refractivity contribution >= 4 is 23.1 Å². The van der Waals surface area contributed by atoms with Gasteiger partial charge in [0.1, 0.15) is 23.0 Å². The van der Waals surface area contributed by atoms with Gasteiger partial charge < -0.3 is 30.1 Å². The van der Waals surface area contributed by atoms with E-state index in [2.05, 4.69) is 15.4 Å². The lowest BCUT2D eigenvalue weighted by atomic mass is 10.2. The molecule has 0 amide bonds. The lowest BCUT2D eigenvalue weighted by Gasteiger charge is -2.30. The molecule has 2 aromatic rings. The summed E-state index contributed by atoms with van der Waals surface area (Å²) in [7, 11) is 0. The summed E-state index contributed by atoms with van der Waals surface area (Å²) in [5.74, 6) is -0.211. The number of aromatic nitrogens is 2. The van der Waals surface area contributed by atoms with E-state index in [9.17, 15) is 27.9 Å². The van der Waals surface area contributed by atoms with Gasteiger partial charge >= 0.3 is 12.1 Å². The number of rotatable bonds is 9. The Morgan fingerprint density at radius 3 is 2.59 bits per heavy atom. The highest BCUT2D eigenvalue weighted by molar-refractivity contribution is 6.31. The average Bonchev–Trinajstić information content (AvgIpc) is 3.17. The second kappa shape index (κ2) is 10.8. The maximum atomic E-state index is 13.5. The molecule has 2 aliphatic heterocycles. The van der Waals surface area contributed by atoms with Gasteiger partial charge in [-0.1, -0.05) is 23.7 Å². The smallest absolute Gasteiger partial charge is 0.452 e. The number of hydrogen-bond acceptors (Lipinski definition) is 8. The van der Waals surface area contributed by atoms with Crippen LogP contribution in [0.25, 0.3) is 0 Å². The molecule has 2 aliphatic rings. The summed E-state index contributed by atoms with van der Waals surface area (Å²) in [6, 6.07) is 4.68. The fraction of sp³-hybridized carbons (Fsp3) is 0.391. The van der Waals surface area contributed by atoms with Crippen LogP contribution in [0.15, 0.2) is 57.2 Å². The van der Waals surface area contributed by atoms with E-state index in [1.807, 2.05) is 0 Å². The van der Waals surface area contributed by atoms with E-state index < -0.39 is 29.7 Å². The Kier molecular flexibility index (Phi) is 7.73. The van der Waals surface area contributed by atoms with Crippen molar-refractivity contribution in [3.05, 3.63) is 68.5 Å². The number of aliphatic hydroxyl groups is 1. The minimum Gasteiger partial charge on any atom is -0.452 e. The van der Waals surface area contributed by atoms with E-state index in [1.54, 1.807) is 30.2 Å². The standard InChI is InChI=1S/C23H25ClF3N5O5/c1-2-30-19-18(20(34)31(22(30)35)9-4-10-33)32(13-15-8-7-14(24)12-28-15)21(29-19)36-16-5-3-6-17(11-16)37-23(25,26)27/h3,5-8,11-12,15,21,28-29,33H,2,4,9-10,13H2,1H3. The molecule has 2 atom stereocenters. The molecular formula is C23H25ClF3N5O5. The number of hydrogen-bond donors (Lipinski definition) is 3. The molecule has 37 heavy (non-hydrogen) atoms. The third kappa shape index (κ3) is 5.88.